The normalized spacial score (nSPS) is 11.1. The van der Waals surface area contributed by atoms with Crippen molar-refractivity contribution >= 4 is 6.16 Å². The standard InChI is InChI=1S/C8H12N4.C4H8O4/c1-7(2,5-9)11-12-8(3,4)6-10;1-3(2)7-4(5)8-6/h1-4H3;3,6H,1-2H3. The first-order chi connectivity index (χ1) is 8.99. The molecule has 0 saturated carbocycles. The van der Waals surface area contributed by atoms with Crippen molar-refractivity contribution in [3.63, 3.8) is 0 Å². The van der Waals surface area contributed by atoms with Crippen molar-refractivity contribution in [3.05, 3.63) is 0 Å². The van der Waals surface area contributed by atoms with E-state index in [0.717, 1.165) is 0 Å². The number of rotatable bonds is 3. The van der Waals surface area contributed by atoms with Crippen LogP contribution in [0.4, 0.5) is 4.79 Å². The van der Waals surface area contributed by atoms with Gasteiger partial charge in [0.05, 0.1) is 18.2 Å². The van der Waals surface area contributed by atoms with Gasteiger partial charge in [-0.15, -0.1) is 0 Å². The van der Waals surface area contributed by atoms with Crippen molar-refractivity contribution in [2.75, 3.05) is 0 Å². The maximum atomic E-state index is 9.93. The van der Waals surface area contributed by atoms with Gasteiger partial charge in [-0.2, -0.15) is 26.0 Å². The predicted octanol–water partition coefficient (Wildman–Crippen LogP) is 3.06. The van der Waals surface area contributed by atoms with E-state index in [9.17, 15) is 4.79 Å². The SMILES string of the molecule is CC(C)(C#N)N=NC(C)(C)C#N.CC(C)OC(=O)OO. The average molecular weight is 284 g/mol. The van der Waals surface area contributed by atoms with E-state index in [1.165, 1.54) is 0 Å². The second-order valence-electron chi connectivity index (χ2n) is 5.05. The summed E-state index contributed by atoms with van der Waals surface area (Å²) in [4.78, 5) is 13.1. The summed E-state index contributed by atoms with van der Waals surface area (Å²) >= 11 is 0. The molecular weight excluding hydrogens is 264 g/mol. The van der Waals surface area contributed by atoms with E-state index in [-0.39, 0.29) is 6.10 Å². The van der Waals surface area contributed by atoms with Crippen LogP contribution in [0.25, 0.3) is 0 Å². The minimum atomic E-state index is -1.07. The van der Waals surface area contributed by atoms with E-state index in [1.54, 1.807) is 41.5 Å². The van der Waals surface area contributed by atoms with Crippen LogP contribution in [0.1, 0.15) is 41.5 Å². The molecule has 0 aliphatic heterocycles. The molecule has 0 fully saturated rings. The minimum Gasteiger partial charge on any atom is -0.430 e. The highest BCUT2D eigenvalue weighted by Gasteiger charge is 2.19. The van der Waals surface area contributed by atoms with Crippen molar-refractivity contribution < 1.29 is 19.7 Å². The molecule has 0 unspecified atom stereocenters. The van der Waals surface area contributed by atoms with Crippen LogP contribution in [-0.2, 0) is 9.62 Å². The number of azo groups is 1. The Hall–Kier alpha value is -2.19. The highest BCUT2D eigenvalue weighted by Crippen LogP contribution is 2.13. The highest BCUT2D eigenvalue weighted by molar-refractivity contribution is 5.58. The van der Waals surface area contributed by atoms with Gasteiger partial charge < -0.3 is 4.74 Å². The van der Waals surface area contributed by atoms with Crippen molar-refractivity contribution in [2.45, 2.75) is 58.7 Å². The third-order valence-corrected chi connectivity index (χ3v) is 1.50. The first-order valence-corrected chi connectivity index (χ1v) is 5.78. The first kappa shape index (κ1) is 20.1. The summed E-state index contributed by atoms with van der Waals surface area (Å²) in [7, 11) is 0. The van der Waals surface area contributed by atoms with Gasteiger partial charge in [-0.3, -0.25) is 4.89 Å². The van der Waals surface area contributed by atoms with Gasteiger partial charge in [-0.25, -0.2) is 4.79 Å². The van der Waals surface area contributed by atoms with Crippen LogP contribution in [0, 0.1) is 22.7 Å². The number of hydrogen-bond donors (Lipinski definition) is 1. The van der Waals surface area contributed by atoms with Crippen molar-refractivity contribution in [3.8, 4) is 12.1 Å². The largest absolute Gasteiger partial charge is 0.540 e. The molecule has 0 saturated heterocycles. The zero-order valence-corrected chi connectivity index (χ0v) is 12.5. The summed E-state index contributed by atoms with van der Waals surface area (Å²) in [6.07, 6.45) is -1.32. The van der Waals surface area contributed by atoms with E-state index in [4.69, 9.17) is 15.8 Å². The molecule has 0 bridgehead atoms. The number of hydrogen-bond acceptors (Lipinski definition) is 8. The molecule has 0 aliphatic carbocycles. The van der Waals surface area contributed by atoms with E-state index in [1.807, 2.05) is 12.1 Å². The zero-order valence-electron chi connectivity index (χ0n) is 12.5. The smallest absolute Gasteiger partial charge is 0.430 e. The predicted molar refractivity (Wildman–Crippen MR) is 69.6 cm³/mol. The molecule has 0 aromatic rings. The summed E-state index contributed by atoms with van der Waals surface area (Å²) in [6.45, 7) is 9.87. The molecule has 0 rings (SSSR count). The Kier molecular flexibility index (Phi) is 8.89. The van der Waals surface area contributed by atoms with Crippen LogP contribution in [0.15, 0.2) is 10.2 Å². The molecular formula is C12H20N4O4. The molecule has 0 aromatic carbocycles. The molecule has 0 heterocycles. The van der Waals surface area contributed by atoms with E-state index in [2.05, 4.69) is 19.9 Å². The second-order valence-corrected chi connectivity index (χ2v) is 5.05. The lowest BCUT2D eigenvalue weighted by atomic mass is 10.1. The maximum Gasteiger partial charge on any atom is 0.540 e. The number of ether oxygens (including phenoxy) is 1. The Morgan fingerprint density at radius 2 is 1.45 bits per heavy atom. The third kappa shape index (κ3) is 12.3. The lowest BCUT2D eigenvalue weighted by Crippen LogP contribution is -2.17. The molecule has 0 atom stereocenters. The van der Waals surface area contributed by atoms with Crippen LogP contribution in [-0.4, -0.2) is 28.6 Å². The second kappa shape index (κ2) is 8.83. The fourth-order valence-electron chi connectivity index (χ4n) is 0.509. The van der Waals surface area contributed by atoms with Gasteiger partial charge in [0.15, 0.2) is 11.1 Å². The summed E-state index contributed by atoms with van der Waals surface area (Å²) in [5.74, 6) is 0. The molecule has 0 aromatic heterocycles. The Balaban J connectivity index is 0. The Labute approximate surface area is 118 Å². The molecule has 0 aliphatic rings. The van der Waals surface area contributed by atoms with Crippen LogP contribution in [0.3, 0.4) is 0 Å². The van der Waals surface area contributed by atoms with E-state index < -0.39 is 17.2 Å². The fourth-order valence-corrected chi connectivity index (χ4v) is 0.509. The fraction of sp³-hybridized carbons (Fsp3) is 0.750. The maximum absolute atomic E-state index is 9.93. The third-order valence-electron chi connectivity index (χ3n) is 1.50. The zero-order chi connectivity index (χ0) is 16.4. The number of nitrogens with zero attached hydrogens (tertiary/aromatic N) is 4. The summed E-state index contributed by atoms with van der Waals surface area (Å²) in [6, 6.07) is 3.94. The lowest BCUT2D eigenvalue weighted by Gasteiger charge is -2.11. The quantitative estimate of drug-likeness (QED) is 0.367. The highest BCUT2D eigenvalue weighted by atomic mass is 17.1. The topological polar surface area (TPSA) is 128 Å². The van der Waals surface area contributed by atoms with Gasteiger partial charge in [-0.1, -0.05) is 0 Å². The average Bonchev–Trinajstić information content (AvgIpc) is 2.37. The van der Waals surface area contributed by atoms with E-state index >= 15 is 0 Å². The molecule has 0 amide bonds. The van der Waals surface area contributed by atoms with Gasteiger partial charge in [0.2, 0.25) is 0 Å². The molecule has 8 heteroatoms. The van der Waals surface area contributed by atoms with Crippen LogP contribution in [0.2, 0.25) is 0 Å². The van der Waals surface area contributed by atoms with Crippen LogP contribution < -0.4 is 0 Å². The van der Waals surface area contributed by atoms with Gasteiger partial charge in [-0.05, 0) is 41.5 Å². The Morgan fingerprint density at radius 3 is 1.60 bits per heavy atom. The van der Waals surface area contributed by atoms with E-state index in [0.29, 0.717) is 0 Å². The molecule has 0 spiro atoms. The Bertz CT molecular complexity index is 388. The molecule has 1 N–H and O–H groups in total. The summed E-state index contributed by atoms with van der Waals surface area (Å²) in [5.41, 5.74) is -1.68. The number of carbonyl (C=O) groups is 1. The van der Waals surface area contributed by atoms with Crippen LogP contribution >= 0.6 is 0 Å². The van der Waals surface area contributed by atoms with Gasteiger partial charge in [0.1, 0.15) is 0 Å². The number of nitriles is 2. The molecule has 20 heavy (non-hydrogen) atoms. The van der Waals surface area contributed by atoms with Crippen molar-refractivity contribution in [1.29, 1.82) is 10.5 Å². The van der Waals surface area contributed by atoms with Gasteiger partial charge in [0.25, 0.3) is 0 Å². The Morgan fingerprint density at radius 1 is 1.10 bits per heavy atom. The molecule has 112 valence electrons. The van der Waals surface area contributed by atoms with Gasteiger partial charge in [0, 0.05) is 0 Å². The van der Waals surface area contributed by atoms with Crippen molar-refractivity contribution in [2.24, 2.45) is 10.2 Å². The van der Waals surface area contributed by atoms with Gasteiger partial charge >= 0.3 is 6.16 Å². The number of carbonyl (C=O) groups excluding carboxylic acids is 1. The minimum absolute atomic E-state index is 0.255. The van der Waals surface area contributed by atoms with Crippen molar-refractivity contribution in [1.82, 2.24) is 0 Å². The summed E-state index contributed by atoms with van der Waals surface area (Å²) < 4.78 is 4.29. The first-order valence-electron chi connectivity index (χ1n) is 5.78. The van der Waals surface area contributed by atoms with Crippen LogP contribution in [0.5, 0.6) is 0 Å². The monoisotopic (exact) mass is 284 g/mol. The lowest BCUT2D eigenvalue weighted by molar-refractivity contribution is -0.203. The summed E-state index contributed by atoms with van der Waals surface area (Å²) in [5, 5.41) is 32.3. The molecule has 0 radical (unpaired) electrons. The molecule has 8 nitrogen and oxygen atoms in total.